The van der Waals surface area contributed by atoms with Crippen molar-refractivity contribution < 1.29 is 0 Å². The minimum atomic E-state index is 0.807. The first-order valence-electron chi connectivity index (χ1n) is 5.83. The van der Waals surface area contributed by atoms with Gasteiger partial charge in [-0.3, -0.25) is 0 Å². The molecule has 0 aliphatic carbocycles. The molecule has 1 fully saturated rings. The van der Waals surface area contributed by atoms with Gasteiger partial charge in [-0.05, 0) is 44.0 Å². The van der Waals surface area contributed by atoms with E-state index in [0.717, 1.165) is 35.8 Å². The van der Waals surface area contributed by atoms with E-state index in [-0.39, 0.29) is 0 Å². The summed E-state index contributed by atoms with van der Waals surface area (Å²) in [5, 5.41) is 4.65. The first kappa shape index (κ1) is 10.2. The quantitative estimate of drug-likeness (QED) is 0.864. The highest BCUT2D eigenvalue weighted by Crippen LogP contribution is 2.24. The molecule has 0 aromatic carbocycles. The summed E-state index contributed by atoms with van der Waals surface area (Å²) >= 11 is 1.75. The molecular weight excluding hydrogens is 218 g/mol. The van der Waals surface area contributed by atoms with E-state index in [1.165, 1.54) is 17.8 Å². The van der Waals surface area contributed by atoms with E-state index in [2.05, 4.69) is 15.3 Å². The molecule has 1 aliphatic rings. The van der Waals surface area contributed by atoms with Crippen molar-refractivity contribution >= 4 is 21.7 Å². The average Bonchev–Trinajstić information content (AvgIpc) is 2.72. The highest BCUT2D eigenvalue weighted by Gasteiger charge is 2.15. The van der Waals surface area contributed by atoms with Gasteiger partial charge >= 0.3 is 0 Å². The van der Waals surface area contributed by atoms with Crippen LogP contribution in [0.15, 0.2) is 18.3 Å². The van der Waals surface area contributed by atoms with E-state index >= 15 is 0 Å². The Labute approximate surface area is 98.9 Å². The summed E-state index contributed by atoms with van der Waals surface area (Å²) in [6.07, 6.45) is 5.53. The zero-order chi connectivity index (χ0) is 10.8. The molecular formula is C12H15N3S. The lowest BCUT2D eigenvalue weighted by atomic mass is 9.95. The second-order valence-corrected chi connectivity index (χ2v) is 5.39. The predicted octanol–water partition coefficient (Wildman–Crippen LogP) is 2.23. The van der Waals surface area contributed by atoms with Crippen LogP contribution in [0.3, 0.4) is 0 Å². The van der Waals surface area contributed by atoms with Gasteiger partial charge in [0.25, 0.3) is 0 Å². The molecule has 0 saturated carbocycles. The van der Waals surface area contributed by atoms with Gasteiger partial charge in [-0.1, -0.05) is 11.3 Å². The molecule has 0 atom stereocenters. The third-order valence-corrected chi connectivity index (χ3v) is 4.13. The van der Waals surface area contributed by atoms with Gasteiger partial charge in [0.15, 0.2) is 0 Å². The van der Waals surface area contributed by atoms with Crippen molar-refractivity contribution in [1.29, 1.82) is 0 Å². The van der Waals surface area contributed by atoms with Crippen molar-refractivity contribution in [3.63, 3.8) is 0 Å². The van der Waals surface area contributed by atoms with Crippen LogP contribution in [0.4, 0.5) is 0 Å². The van der Waals surface area contributed by atoms with Crippen LogP contribution >= 0.6 is 11.3 Å². The van der Waals surface area contributed by atoms with Gasteiger partial charge in [0.2, 0.25) is 0 Å². The number of hydrogen-bond acceptors (Lipinski definition) is 4. The van der Waals surface area contributed by atoms with Crippen LogP contribution in [0.1, 0.15) is 17.8 Å². The van der Waals surface area contributed by atoms with Crippen molar-refractivity contribution in [3.05, 3.63) is 23.3 Å². The van der Waals surface area contributed by atoms with Crippen LogP contribution in [0.5, 0.6) is 0 Å². The third-order valence-electron chi connectivity index (χ3n) is 3.13. The summed E-state index contributed by atoms with van der Waals surface area (Å²) in [4.78, 5) is 10.1. The van der Waals surface area contributed by atoms with Crippen LogP contribution in [0.2, 0.25) is 0 Å². The standard InChI is InChI=1S/C12H15N3S/c1-2-10-12(14-5-1)16-11(15-10)8-9-3-6-13-7-4-9/h1-2,5,9,13H,3-4,6-8H2. The number of piperidine rings is 1. The molecule has 4 heteroatoms. The topological polar surface area (TPSA) is 37.8 Å². The molecule has 3 rings (SSSR count). The summed E-state index contributed by atoms with van der Waals surface area (Å²) in [6, 6.07) is 4.00. The Morgan fingerprint density at radius 1 is 1.38 bits per heavy atom. The molecule has 0 spiro atoms. The molecule has 1 saturated heterocycles. The van der Waals surface area contributed by atoms with Crippen LogP contribution in [-0.4, -0.2) is 23.1 Å². The Morgan fingerprint density at radius 3 is 3.06 bits per heavy atom. The average molecular weight is 233 g/mol. The summed E-state index contributed by atoms with van der Waals surface area (Å²) in [5.41, 5.74) is 1.05. The SMILES string of the molecule is c1cnc2sc(CC3CCNCC3)nc2c1. The van der Waals surface area contributed by atoms with Crippen molar-refractivity contribution in [2.75, 3.05) is 13.1 Å². The molecule has 84 valence electrons. The summed E-state index contributed by atoms with van der Waals surface area (Å²) in [5.74, 6) is 0.807. The van der Waals surface area contributed by atoms with Crippen molar-refractivity contribution in [2.24, 2.45) is 5.92 Å². The van der Waals surface area contributed by atoms with Gasteiger partial charge < -0.3 is 5.32 Å². The maximum absolute atomic E-state index is 4.64. The molecule has 16 heavy (non-hydrogen) atoms. The molecule has 2 aromatic heterocycles. The lowest BCUT2D eigenvalue weighted by Gasteiger charge is -2.21. The molecule has 1 aliphatic heterocycles. The zero-order valence-electron chi connectivity index (χ0n) is 9.15. The minimum absolute atomic E-state index is 0.807. The monoisotopic (exact) mass is 233 g/mol. The van der Waals surface area contributed by atoms with Crippen molar-refractivity contribution in [2.45, 2.75) is 19.3 Å². The van der Waals surface area contributed by atoms with Crippen LogP contribution < -0.4 is 5.32 Å². The van der Waals surface area contributed by atoms with Gasteiger partial charge in [0.05, 0.1) is 5.01 Å². The summed E-state index contributed by atoms with van der Waals surface area (Å²) < 4.78 is 0. The van der Waals surface area contributed by atoms with Gasteiger partial charge in [-0.25, -0.2) is 9.97 Å². The maximum atomic E-state index is 4.64. The van der Waals surface area contributed by atoms with Crippen LogP contribution in [0, 0.1) is 5.92 Å². The smallest absolute Gasteiger partial charge is 0.143 e. The summed E-state index contributed by atoms with van der Waals surface area (Å²) in [7, 11) is 0. The van der Waals surface area contributed by atoms with E-state index < -0.39 is 0 Å². The van der Waals surface area contributed by atoms with Crippen molar-refractivity contribution in [1.82, 2.24) is 15.3 Å². The molecule has 0 amide bonds. The number of fused-ring (bicyclic) bond motifs is 1. The molecule has 0 bridgehead atoms. The maximum Gasteiger partial charge on any atom is 0.143 e. The zero-order valence-corrected chi connectivity index (χ0v) is 9.96. The van der Waals surface area contributed by atoms with Gasteiger partial charge in [-0.15, -0.1) is 0 Å². The molecule has 3 heterocycles. The van der Waals surface area contributed by atoms with Gasteiger partial charge in [-0.2, -0.15) is 0 Å². The van der Waals surface area contributed by atoms with E-state index in [0.29, 0.717) is 0 Å². The number of nitrogens with zero attached hydrogens (tertiary/aromatic N) is 2. The van der Waals surface area contributed by atoms with E-state index in [4.69, 9.17) is 0 Å². The number of hydrogen-bond donors (Lipinski definition) is 1. The van der Waals surface area contributed by atoms with Crippen LogP contribution in [0.25, 0.3) is 10.3 Å². The van der Waals surface area contributed by atoms with Crippen LogP contribution in [-0.2, 0) is 6.42 Å². The Bertz CT molecular complexity index is 441. The fraction of sp³-hybridized carbons (Fsp3) is 0.500. The molecule has 0 radical (unpaired) electrons. The first-order chi connectivity index (χ1) is 7.92. The van der Waals surface area contributed by atoms with E-state index in [9.17, 15) is 0 Å². The number of thiazole rings is 1. The third kappa shape index (κ3) is 2.08. The number of pyridine rings is 1. The second kappa shape index (κ2) is 4.47. The highest BCUT2D eigenvalue weighted by atomic mass is 32.1. The van der Waals surface area contributed by atoms with Crippen molar-refractivity contribution in [3.8, 4) is 0 Å². The first-order valence-corrected chi connectivity index (χ1v) is 6.64. The van der Waals surface area contributed by atoms with Gasteiger partial charge in [0.1, 0.15) is 10.3 Å². The fourth-order valence-corrected chi connectivity index (χ4v) is 3.25. The van der Waals surface area contributed by atoms with E-state index in [1.807, 2.05) is 18.3 Å². The largest absolute Gasteiger partial charge is 0.317 e. The normalized spacial score (nSPS) is 18.0. The Morgan fingerprint density at radius 2 is 2.25 bits per heavy atom. The minimum Gasteiger partial charge on any atom is -0.317 e. The Balaban J connectivity index is 1.78. The van der Waals surface area contributed by atoms with Gasteiger partial charge in [0, 0.05) is 12.6 Å². The Kier molecular flexibility index (Phi) is 2.84. The highest BCUT2D eigenvalue weighted by molar-refractivity contribution is 7.18. The lowest BCUT2D eigenvalue weighted by molar-refractivity contribution is 0.372. The number of rotatable bonds is 2. The molecule has 3 nitrogen and oxygen atoms in total. The lowest BCUT2D eigenvalue weighted by Crippen LogP contribution is -2.28. The summed E-state index contributed by atoms with van der Waals surface area (Å²) in [6.45, 7) is 2.32. The molecule has 2 aromatic rings. The van der Waals surface area contributed by atoms with E-state index in [1.54, 1.807) is 11.3 Å². The predicted molar refractivity (Wildman–Crippen MR) is 66.7 cm³/mol. The molecule has 0 unspecified atom stereocenters. The number of aromatic nitrogens is 2. The Hall–Kier alpha value is -1.00. The number of nitrogens with one attached hydrogen (secondary N) is 1. The fourth-order valence-electron chi connectivity index (χ4n) is 2.23. The molecule has 1 N–H and O–H groups in total. The second-order valence-electron chi connectivity index (χ2n) is 4.33.